The molecule has 0 saturated carbocycles. The van der Waals surface area contributed by atoms with Gasteiger partial charge in [-0.3, -0.25) is 0 Å². The Labute approximate surface area is 152 Å². The van der Waals surface area contributed by atoms with E-state index < -0.39 is 0 Å². The lowest BCUT2D eigenvalue weighted by atomic mass is 10.1. The van der Waals surface area contributed by atoms with E-state index in [-0.39, 0.29) is 0 Å². The highest BCUT2D eigenvalue weighted by Gasteiger charge is 2.01. The fourth-order valence-corrected chi connectivity index (χ4v) is 1.17. The lowest BCUT2D eigenvalue weighted by Gasteiger charge is -2.08. The molecule has 0 heterocycles. The van der Waals surface area contributed by atoms with E-state index in [1.165, 1.54) is 11.1 Å². The van der Waals surface area contributed by atoms with Crippen LogP contribution in [0.3, 0.4) is 0 Å². The molecule has 0 unspecified atom stereocenters. The van der Waals surface area contributed by atoms with Crippen molar-refractivity contribution >= 4 is 0 Å². The number of hydrogen-bond donors (Lipinski definition) is 0. The predicted octanol–water partition coefficient (Wildman–Crippen LogP) is 7.39. The van der Waals surface area contributed by atoms with Gasteiger partial charge in [0.05, 0.1) is 14.2 Å². The van der Waals surface area contributed by atoms with Gasteiger partial charge in [-0.15, -0.1) is 0 Å². The maximum absolute atomic E-state index is 5.00. The van der Waals surface area contributed by atoms with E-state index >= 15 is 0 Å². The minimum atomic E-state index is 0.599. The maximum Gasteiger partial charge on any atom is 0.124 e. The van der Waals surface area contributed by atoms with Crippen LogP contribution in [0.4, 0.5) is 0 Å². The lowest BCUT2D eigenvalue weighted by Crippen LogP contribution is -1.93. The van der Waals surface area contributed by atoms with Crippen molar-refractivity contribution in [3.8, 4) is 0 Å². The van der Waals surface area contributed by atoms with Crippen LogP contribution in [0.25, 0.3) is 0 Å². The third-order valence-electron chi connectivity index (χ3n) is 2.98. The molecule has 0 aromatic carbocycles. The van der Waals surface area contributed by atoms with Crippen molar-refractivity contribution in [2.45, 2.75) is 55.4 Å². The predicted molar refractivity (Wildman–Crippen MR) is 112 cm³/mol. The van der Waals surface area contributed by atoms with Crippen LogP contribution in [-0.2, 0) is 9.47 Å². The molecule has 0 radical (unpaired) electrons. The molecule has 0 aliphatic heterocycles. The summed E-state index contributed by atoms with van der Waals surface area (Å²) >= 11 is 0. The first-order valence-electron chi connectivity index (χ1n) is 8.33. The smallest absolute Gasteiger partial charge is 0.124 e. The van der Waals surface area contributed by atoms with Crippen molar-refractivity contribution in [3.05, 3.63) is 72.3 Å². The topological polar surface area (TPSA) is 18.5 Å². The maximum atomic E-state index is 5.00. The molecule has 24 heavy (non-hydrogen) atoms. The van der Waals surface area contributed by atoms with Gasteiger partial charge in [0.25, 0.3) is 0 Å². The number of allylic oxidation sites excluding steroid dienone is 6. The van der Waals surface area contributed by atoms with Gasteiger partial charge in [-0.05, 0) is 44.9 Å². The van der Waals surface area contributed by atoms with Gasteiger partial charge in [0, 0.05) is 5.57 Å². The second kappa shape index (κ2) is 21.0. The van der Waals surface area contributed by atoms with E-state index in [0.717, 1.165) is 11.1 Å². The highest BCUT2D eigenvalue weighted by atomic mass is 16.5. The molecule has 0 aromatic heterocycles. The normalized spacial score (nSPS) is 10.4. The number of methoxy groups -OCH3 is 2. The molecular weight excluding hydrogens is 296 g/mol. The Morgan fingerprint density at radius 2 is 1.12 bits per heavy atom. The van der Waals surface area contributed by atoms with E-state index in [4.69, 9.17) is 9.47 Å². The summed E-state index contributed by atoms with van der Waals surface area (Å²) in [5, 5.41) is 0. The fourth-order valence-electron chi connectivity index (χ4n) is 1.17. The van der Waals surface area contributed by atoms with E-state index in [2.05, 4.69) is 33.2 Å². The van der Waals surface area contributed by atoms with Crippen LogP contribution in [0.2, 0.25) is 0 Å². The third-order valence-corrected chi connectivity index (χ3v) is 2.98. The quantitative estimate of drug-likeness (QED) is 0.372. The molecule has 0 fully saturated rings. The summed E-state index contributed by atoms with van der Waals surface area (Å²) in [6, 6.07) is 0. The van der Waals surface area contributed by atoms with E-state index in [1.807, 2.05) is 54.5 Å². The molecule has 0 atom stereocenters. The average Bonchev–Trinajstić information content (AvgIpc) is 2.64. The Hall–Kier alpha value is -1.96. The largest absolute Gasteiger partial charge is 0.497 e. The second-order valence-corrected chi connectivity index (χ2v) is 4.32. The van der Waals surface area contributed by atoms with Gasteiger partial charge in [-0.2, -0.15) is 0 Å². The van der Waals surface area contributed by atoms with Gasteiger partial charge >= 0.3 is 0 Å². The summed E-state index contributed by atoms with van der Waals surface area (Å²) < 4.78 is 9.92. The molecule has 0 rings (SSSR count). The second-order valence-electron chi connectivity index (χ2n) is 4.32. The standard InChI is InChI=1S/C9H14O2.C9H14.2C2H6/c1-6-9(11-5)7(2)8(3)10-4;1-6-8(4)9(5)7(2)3;2*1-2/h6H,1,3H2,2,4-5H3;6H,1-2H2,3-5H3;2*1-2H3/b9-7+;9-8-;;. The first-order valence-corrected chi connectivity index (χ1v) is 8.33. The SMILES string of the molecule is C=C/C(C)=C(/C)C(=C)C.C=C/C(OC)=C(/C)C(=C)OC.CC.CC. The lowest BCUT2D eigenvalue weighted by molar-refractivity contribution is 0.277. The Bertz CT molecular complexity index is 435. The Morgan fingerprint density at radius 3 is 1.29 bits per heavy atom. The highest BCUT2D eigenvalue weighted by molar-refractivity contribution is 5.33. The zero-order valence-corrected chi connectivity index (χ0v) is 17.8. The van der Waals surface area contributed by atoms with Crippen LogP contribution in [0, 0.1) is 0 Å². The summed E-state index contributed by atoms with van der Waals surface area (Å²) in [6.07, 6.45) is 3.48. The van der Waals surface area contributed by atoms with E-state index in [9.17, 15) is 0 Å². The molecule has 0 N–H and O–H groups in total. The van der Waals surface area contributed by atoms with Crippen molar-refractivity contribution in [2.75, 3.05) is 14.2 Å². The van der Waals surface area contributed by atoms with Crippen molar-refractivity contribution < 1.29 is 9.47 Å². The summed E-state index contributed by atoms with van der Waals surface area (Å²) in [5.74, 6) is 1.29. The third kappa shape index (κ3) is 15.0. The van der Waals surface area contributed by atoms with Crippen LogP contribution < -0.4 is 0 Å². The zero-order valence-electron chi connectivity index (χ0n) is 17.8. The number of rotatable bonds is 6. The summed E-state index contributed by atoms with van der Waals surface area (Å²) in [7, 11) is 3.16. The Morgan fingerprint density at radius 1 is 0.708 bits per heavy atom. The number of hydrogen-bond acceptors (Lipinski definition) is 2. The summed E-state index contributed by atoms with van der Waals surface area (Å²) in [4.78, 5) is 0. The molecule has 0 spiro atoms. The van der Waals surface area contributed by atoms with Crippen molar-refractivity contribution in [1.29, 1.82) is 0 Å². The highest BCUT2D eigenvalue weighted by Crippen LogP contribution is 2.14. The average molecular weight is 337 g/mol. The van der Waals surface area contributed by atoms with Gasteiger partial charge in [0.1, 0.15) is 11.5 Å². The van der Waals surface area contributed by atoms with Crippen LogP contribution >= 0.6 is 0 Å². The molecule has 2 nitrogen and oxygen atoms in total. The monoisotopic (exact) mass is 336 g/mol. The van der Waals surface area contributed by atoms with Crippen LogP contribution in [0.5, 0.6) is 0 Å². The first-order chi connectivity index (χ1) is 11.3. The molecule has 0 bridgehead atoms. The summed E-state index contributed by atoms with van der Waals surface area (Å²) in [5.41, 5.74) is 4.44. The Balaban J connectivity index is -0.000000139. The van der Waals surface area contributed by atoms with Crippen molar-refractivity contribution in [1.82, 2.24) is 0 Å². The molecule has 0 aromatic rings. The molecule has 0 amide bonds. The first kappa shape index (κ1) is 30.0. The molecule has 0 aliphatic carbocycles. The zero-order chi connectivity index (χ0) is 20.3. The molecule has 0 aliphatic rings. The van der Waals surface area contributed by atoms with Crippen molar-refractivity contribution in [3.63, 3.8) is 0 Å². The van der Waals surface area contributed by atoms with Crippen LogP contribution in [0.15, 0.2) is 72.3 Å². The molecule has 2 heteroatoms. The van der Waals surface area contributed by atoms with Gasteiger partial charge in [0.2, 0.25) is 0 Å². The van der Waals surface area contributed by atoms with Gasteiger partial charge in [-0.1, -0.05) is 65.7 Å². The fraction of sp³-hybridized carbons (Fsp3) is 0.455. The summed E-state index contributed by atoms with van der Waals surface area (Å²) in [6.45, 7) is 30.7. The van der Waals surface area contributed by atoms with Crippen LogP contribution in [0.1, 0.15) is 55.4 Å². The molecular formula is C22H40O2. The minimum Gasteiger partial charge on any atom is -0.497 e. The minimum absolute atomic E-state index is 0.599. The van der Waals surface area contributed by atoms with E-state index in [1.54, 1.807) is 20.3 Å². The van der Waals surface area contributed by atoms with Gasteiger partial charge in [-0.25, -0.2) is 0 Å². The van der Waals surface area contributed by atoms with Gasteiger partial charge in [0.15, 0.2) is 0 Å². The molecule has 140 valence electrons. The Kier molecular flexibility index (Phi) is 26.3. The van der Waals surface area contributed by atoms with E-state index in [0.29, 0.717) is 11.5 Å². The van der Waals surface area contributed by atoms with Crippen molar-refractivity contribution in [2.24, 2.45) is 0 Å². The molecule has 0 saturated heterocycles. The van der Waals surface area contributed by atoms with Crippen LogP contribution in [-0.4, -0.2) is 14.2 Å². The number of ether oxygens (including phenoxy) is 2. The van der Waals surface area contributed by atoms with Gasteiger partial charge < -0.3 is 9.47 Å².